The van der Waals surface area contributed by atoms with Crippen molar-refractivity contribution >= 4 is 23.0 Å². The Hall–Kier alpha value is -1.88. The number of nitrogens with one attached hydrogen (secondary N) is 1. The van der Waals surface area contributed by atoms with Gasteiger partial charge in [0.1, 0.15) is 0 Å². The first kappa shape index (κ1) is 13.5. The van der Waals surface area contributed by atoms with E-state index in [2.05, 4.69) is 22.2 Å². The number of guanidine groups is 1. The molecule has 0 amide bonds. The maximum absolute atomic E-state index is 5.86. The Morgan fingerprint density at radius 3 is 3.00 bits per heavy atom. The zero-order valence-corrected chi connectivity index (χ0v) is 12.0. The predicted molar refractivity (Wildman–Crippen MR) is 81.6 cm³/mol. The fourth-order valence-corrected chi connectivity index (χ4v) is 2.40. The van der Waals surface area contributed by atoms with Crippen LogP contribution in [0.1, 0.15) is 23.2 Å². The Labute approximate surface area is 117 Å². The Balaban J connectivity index is 1.95. The normalized spacial score (nSPS) is 11.6. The molecule has 0 fully saturated rings. The van der Waals surface area contributed by atoms with Gasteiger partial charge in [0.15, 0.2) is 5.96 Å². The monoisotopic (exact) mass is 274 g/mol. The van der Waals surface area contributed by atoms with Crippen molar-refractivity contribution < 1.29 is 0 Å². The number of aryl methyl sites for hydroxylation is 2. The highest BCUT2D eigenvalue weighted by Crippen LogP contribution is 2.11. The first-order valence-corrected chi connectivity index (χ1v) is 7.12. The quantitative estimate of drug-likeness (QED) is 0.665. The van der Waals surface area contributed by atoms with Gasteiger partial charge < -0.3 is 11.1 Å². The van der Waals surface area contributed by atoms with Gasteiger partial charge in [0.05, 0.1) is 17.2 Å². The Morgan fingerprint density at radius 2 is 2.32 bits per heavy atom. The SMILES string of the molecule is CCc1nc(CN=C(N)Nc2cccc(C)c2)cs1. The van der Waals surface area contributed by atoms with Crippen LogP contribution >= 0.6 is 11.3 Å². The molecule has 3 N–H and O–H groups in total. The van der Waals surface area contributed by atoms with E-state index in [4.69, 9.17) is 5.73 Å². The number of nitrogens with two attached hydrogens (primary N) is 1. The molecule has 1 aromatic carbocycles. The Kier molecular flexibility index (Phi) is 4.52. The van der Waals surface area contributed by atoms with E-state index in [1.807, 2.05) is 36.6 Å². The number of nitrogens with zero attached hydrogens (tertiary/aromatic N) is 2. The highest BCUT2D eigenvalue weighted by Gasteiger charge is 2.00. The maximum Gasteiger partial charge on any atom is 0.193 e. The van der Waals surface area contributed by atoms with E-state index in [0.29, 0.717) is 12.5 Å². The molecule has 100 valence electrons. The van der Waals surface area contributed by atoms with Gasteiger partial charge in [-0.05, 0) is 31.0 Å². The summed E-state index contributed by atoms with van der Waals surface area (Å²) in [5, 5.41) is 6.24. The third kappa shape index (κ3) is 4.06. The van der Waals surface area contributed by atoms with Crippen LogP contribution in [0.15, 0.2) is 34.6 Å². The van der Waals surface area contributed by atoms with Crippen LogP contribution in [-0.2, 0) is 13.0 Å². The van der Waals surface area contributed by atoms with Crippen LogP contribution in [0.3, 0.4) is 0 Å². The molecule has 4 nitrogen and oxygen atoms in total. The highest BCUT2D eigenvalue weighted by molar-refractivity contribution is 7.09. The molecular weight excluding hydrogens is 256 g/mol. The van der Waals surface area contributed by atoms with Crippen molar-refractivity contribution in [2.45, 2.75) is 26.8 Å². The second-order valence-corrected chi connectivity index (χ2v) is 5.22. The molecule has 0 saturated carbocycles. The lowest BCUT2D eigenvalue weighted by atomic mass is 10.2. The number of aromatic nitrogens is 1. The van der Waals surface area contributed by atoms with Crippen molar-refractivity contribution in [1.82, 2.24) is 4.98 Å². The van der Waals surface area contributed by atoms with Crippen LogP contribution in [-0.4, -0.2) is 10.9 Å². The largest absolute Gasteiger partial charge is 0.370 e. The zero-order chi connectivity index (χ0) is 13.7. The van der Waals surface area contributed by atoms with E-state index < -0.39 is 0 Å². The van der Waals surface area contributed by atoms with Crippen LogP contribution < -0.4 is 11.1 Å². The van der Waals surface area contributed by atoms with E-state index >= 15 is 0 Å². The van der Waals surface area contributed by atoms with Crippen LogP contribution in [0.25, 0.3) is 0 Å². The molecule has 1 heterocycles. The van der Waals surface area contributed by atoms with Crippen molar-refractivity contribution in [2.24, 2.45) is 10.7 Å². The van der Waals surface area contributed by atoms with Crippen LogP contribution in [0, 0.1) is 6.92 Å². The van der Waals surface area contributed by atoms with Crippen LogP contribution in [0.2, 0.25) is 0 Å². The van der Waals surface area contributed by atoms with Gasteiger partial charge in [-0.2, -0.15) is 0 Å². The van der Waals surface area contributed by atoms with E-state index in [0.717, 1.165) is 22.8 Å². The summed E-state index contributed by atoms with van der Waals surface area (Å²) in [4.78, 5) is 8.74. The zero-order valence-electron chi connectivity index (χ0n) is 11.2. The molecule has 0 bridgehead atoms. The summed E-state index contributed by atoms with van der Waals surface area (Å²) < 4.78 is 0. The molecule has 2 rings (SSSR count). The molecule has 0 spiro atoms. The fraction of sp³-hybridized carbons (Fsp3) is 0.286. The summed E-state index contributed by atoms with van der Waals surface area (Å²) in [6.45, 7) is 4.65. The first-order chi connectivity index (χ1) is 9.17. The van der Waals surface area contributed by atoms with E-state index in [-0.39, 0.29) is 0 Å². The van der Waals surface area contributed by atoms with Crippen molar-refractivity contribution in [3.8, 4) is 0 Å². The van der Waals surface area contributed by atoms with Gasteiger partial charge in [0.25, 0.3) is 0 Å². The molecule has 0 atom stereocenters. The Bertz CT molecular complexity index is 574. The molecular formula is C14H18N4S. The summed E-state index contributed by atoms with van der Waals surface area (Å²) in [7, 11) is 0. The number of hydrogen-bond acceptors (Lipinski definition) is 3. The van der Waals surface area contributed by atoms with Crippen molar-refractivity contribution in [1.29, 1.82) is 0 Å². The summed E-state index contributed by atoms with van der Waals surface area (Å²) in [5.41, 5.74) is 8.96. The average Bonchev–Trinajstić information content (AvgIpc) is 2.84. The van der Waals surface area contributed by atoms with Crippen LogP contribution in [0.5, 0.6) is 0 Å². The van der Waals surface area contributed by atoms with Gasteiger partial charge in [-0.25, -0.2) is 9.98 Å². The summed E-state index contributed by atoms with van der Waals surface area (Å²) in [6, 6.07) is 8.02. The minimum Gasteiger partial charge on any atom is -0.370 e. The molecule has 0 aliphatic carbocycles. The second kappa shape index (κ2) is 6.33. The molecule has 0 saturated heterocycles. The van der Waals surface area contributed by atoms with E-state index in [1.54, 1.807) is 11.3 Å². The van der Waals surface area contributed by atoms with Gasteiger partial charge in [-0.1, -0.05) is 19.1 Å². The van der Waals surface area contributed by atoms with E-state index in [1.165, 1.54) is 5.56 Å². The molecule has 19 heavy (non-hydrogen) atoms. The van der Waals surface area contributed by atoms with Crippen molar-refractivity contribution in [3.05, 3.63) is 45.9 Å². The Morgan fingerprint density at radius 1 is 1.47 bits per heavy atom. The number of aliphatic imine (C=N–C) groups is 1. The number of hydrogen-bond donors (Lipinski definition) is 2. The number of anilines is 1. The van der Waals surface area contributed by atoms with Crippen LogP contribution in [0.4, 0.5) is 5.69 Å². The van der Waals surface area contributed by atoms with Crippen molar-refractivity contribution in [3.63, 3.8) is 0 Å². The minimum atomic E-state index is 0.414. The van der Waals surface area contributed by atoms with Gasteiger partial charge >= 0.3 is 0 Å². The van der Waals surface area contributed by atoms with E-state index in [9.17, 15) is 0 Å². The third-order valence-electron chi connectivity index (χ3n) is 2.60. The third-order valence-corrected chi connectivity index (χ3v) is 3.65. The highest BCUT2D eigenvalue weighted by atomic mass is 32.1. The lowest BCUT2D eigenvalue weighted by Gasteiger charge is -2.05. The standard InChI is InChI=1S/C14H18N4S/c1-3-13-17-12(9-19-13)8-16-14(15)18-11-6-4-5-10(2)7-11/h4-7,9H,3,8H2,1-2H3,(H3,15,16,18). The first-order valence-electron chi connectivity index (χ1n) is 6.24. The molecule has 0 aliphatic heterocycles. The molecule has 5 heteroatoms. The van der Waals surface area contributed by atoms with Crippen molar-refractivity contribution in [2.75, 3.05) is 5.32 Å². The molecule has 0 unspecified atom stereocenters. The minimum absolute atomic E-state index is 0.414. The molecule has 0 aliphatic rings. The molecule has 0 radical (unpaired) electrons. The summed E-state index contributed by atoms with van der Waals surface area (Å²) in [6.07, 6.45) is 0.964. The lowest BCUT2D eigenvalue weighted by Crippen LogP contribution is -2.22. The second-order valence-electron chi connectivity index (χ2n) is 4.28. The van der Waals surface area contributed by atoms with Gasteiger partial charge in [0.2, 0.25) is 0 Å². The number of benzene rings is 1. The predicted octanol–water partition coefficient (Wildman–Crippen LogP) is 2.94. The smallest absolute Gasteiger partial charge is 0.193 e. The van der Waals surface area contributed by atoms with Gasteiger partial charge in [0, 0.05) is 11.1 Å². The summed E-state index contributed by atoms with van der Waals surface area (Å²) in [5.74, 6) is 0.414. The van der Waals surface area contributed by atoms with Gasteiger partial charge in [-0.15, -0.1) is 11.3 Å². The summed E-state index contributed by atoms with van der Waals surface area (Å²) >= 11 is 1.67. The lowest BCUT2D eigenvalue weighted by molar-refractivity contribution is 0.969. The van der Waals surface area contributed by atoms with Gasteiger partial charge in [-0.3, -0.25) is 0 Å². The average molecular weight is 274 g/mol. The number of thiazole rings is 1. The number of rotatable bonds is 4. The molecule has 2 aromatic rings. The molecule has 1 aromatic heterocycles. The maximum atomic E-state index is 5.86. The fourth-order valence-electron chi connectivity index (χ4n) is 1.66. The topological polar surface area (TPSA) is 63.3 Å².